The van der Waals surface area contributed by atoms with Crippen LogP contribution in [0.1, 0.15) is 12.5 Å². The van der Waals surface area contributed by atoms with Crippen molar-refractivity contribution in [2.45, 2.75) is 18.2 Å². The predicted octanol–water partition coefficient (Wildman–Crippen LogP) is 2.57. The number of nitrogens with one attached hydrogen (secondary N) is 2. The van der Waals surface area contributed by atoms with Gasteiger partial charge < -0.3 is 0 Å². The van der Waals surface area contributed by atoms with Crippen LogP contribution in [0.25, 0.3) is 0 Å². The minimum Gasteiger partial charge on any atom is -0.263 e. The van der Waals surface area contributed by atoms with Gasteiger partial charge in [0.25, 0.3) is 10.0 Å². The lowest BCUT2D eigenvalue weighted by molar-refractivity contribution is 0.570. The number of halogens is 2. The minimum atomic E-state index is -4.05. The Labute approximate surface area is 114 Å². The number of sulfonamides is 1. The Balaban J connectivity index is 2.41. The third kappa shape index (κ3) is 2.71. The minimum absolute atomic E-state index is 0.224. The highest BCUT2D eigenvalue weighted by atomic mass is 35.5. The van der Waals surface area contributed by atoms with Crippen molar-refractivity contribution in [3.63, 3.8) is 0 Å². The van der Waals surface area contributed by atoms with Crippen LogP contribution in [-0.2, 0) is 16.4 Å². The Morgan fingerprint density at radius 2 is 2.21 bits per heavy atom. The summed E-state index contributed by atoms with van der Waals surface area (Å²) < 4.78 is 40.2. The van der Waals surface area contributed by atoms with E-state index >= 15 is 0 Å². The summed E-state index contributed by atoms with van der Waals surface area (Å²) in [4.78, 5) is -0.503. The maximum absolute atomic E-state index is 13.7. The van der Waals surface area contributed by atoms with Gasteiger partial charge in [-0.2, -0.15) is 5.10 Å². The second kappa shape index (κ2) is 5.18. The summed E-state index contributed by atoms with van der Waals surface area (Å²) in [5.41, 5.74) is 0.686. The second-order valence-corrected chi connectivity index (χ2v) is 5.84. The van der Waals surface area contributed by atoms with Gasteiger partial charge in [-0.15, -0.1) is 0 Å². The average Bonchev–Trinajstić information content (AvgIpc) is 2.78. The maximum atomic E-state index is 13.7. The van der Waals surface area contributed by atoms with Gasteiger partial charge in [0.05, 0.1) is 11.2 Å². The number of aryl methyl sites for hydroxylation is 1. The van der Waals surface area contributed by atoms with Crippen molar-refractivity contribution in [1.82, 2.24) is 10.2 Å². The Kier molecular flexibility index (Phi) is 3.77. The largest absolute Gasteiger partial charge is 0.266 e. The molecule has 19 heavy (non-hydrogen) atoms. The van der Waals surface area contributed by atoms with Crippen LogP contribution < -0.4 is 4.72 Å². The van der Waals surface area contributed by atoms with Gasteiger partial charge in [0.15, 0.2) is 5.82 Å². The first-order chi connectivity index (χ1) is 8.95. The molecule has 0 amide bonds. The van der Waals surface area contributed by atoms with Crippen molar-refractivity contribution in [2.75, 3.05) is 4.72 Å². The van der Waals surface area contributed by atoms with Crippen LogP contribution in [-0.4, -0.2) is 18.6 Å². The molecule has 0 unspecified atom stereocenters. The number of aromatic amines is 1. The van der Waals surface area contributed by atoms with Gasteiger partial charge in [-0.1, -0.05) is 24.6 Å². The van der Waals surface area contributed by atoms with Gasteiger partial charge in [0, 0.05) is 5.56 Å². The van der Waals surface area contributed by atoms with E-state index in [0.29, 0.717) is 12.0 Å². The molecule has 5 nitrogen and oxygen atoms in total. The third-order valence-electron chi connectivity index (χ3n) is 2.54. The van der Waals surface area contributed by atoms with Crippen LogP contribution in [0.3, 0.4) is 0 Å². The van der Waals surface area contributed by atoms with E-state index in [1.54, 1.807) is 0 Å². The van der Waals surface area contributed by atoms with E-state index in [-0.39, 0.29) is 10.8 Å². The third-order valence-corrected chi connectivity index (χ3v) is 4.20. The lowest BCUT2D eigenvalue weighted by Gasteiger charge is -2.09. The Bertz CT molecular complexity index is 700. The summed E-state index contributed by atoms with van der Waals surface area (Å²) in [5, 5.41) is 6.01. The van der Waals surface area contributed by atoms with Gasteiger partial charge in [-0.3, -0.25) is 9.82 Å². The number of benzene rings is 1. The van der Waals surface area contributed by atoms with E-state index in [1.807, 2.05) is 6.92 Å². The topological polar surface area (TPSA) is 74.8 Å². The average molecular weight is 304 g/mol. The van der Waals surface area contributed by atoms with Gasteiger partial charge in [0.2, 0.25) is 0 Å². The molecule has 0 fully saturated rings. The van der Waals surface area contributed by atoms with E-state index in [2.05, 4.69) is 14.9 Å². The van der Waals surface area contributed by atoms with Crippen LogP contribution in [0.4, 0.5) is 10.2 Å². The molecule has 0 aliphatic rings. The Morgan fingerprint density at radius 1 is 1.47 bits per heavy atom. The normalized spacial score (nSPS) is 11.5. The molecular formula is C11H11ClFN3O2S. The molecule has 1 heterocycles. The highest BCUT2D eigenvalue weighted by Gasteiger charge is 2.22. The molecule has 0 aliphatic heterocycles. The van der Waals surface area contributed by atoms with Crippen molar-refractivity contribution in [2.24, 2.45) is 0 Å². The fourth-order valence-corrected chi connectivity index (χ4v) is 2.94. The molecule has 102 valence electrons. The highest BCUT2D eigenvalue weighted by molar-refractivity contribution is 7.92. The van der Waals surface area contributed by atoms with Crippen LogP contribution in [0.2, 0.25) is 5.02 Å². The van der Waals surface area contributed by atoms with Crippen LogP contribution in [0.15, 0.2) is 29.3 Å². The summed E-state index contributed by atoms with van der Waals surface area (Å²) >= 11 is 5.57. The number of H-pyrrole nitrogens is 1. The number of aromatic nitrogens is 2. The number of nitrogens with zero attached hydrogens (tertiary/aromatic N) is 1. The van der Waals surface area contributed by atoms with Crippen molar-refractivity contribution in [3.8, 4) is 0 Å². The van der Waals surface area contributed by atoms with E-state index in [4.69, 9.17) is 11.6 Å². The molecule has 2 aromatic rings. The Morgan fingerprint density at radius 3 is 2.89 bits per heavy atom. The molecule has 0 bridgehead atoms. The first kappa shape index (κ1) is 13.8. The standard InChI is InChI=1S/C11H11ClFN3O2S/c1-2-7-6-14-15-11(7)16-19(17,18)9-5-3-4-8(12)10(9)13/h3-6H,2H2,1H3,(H2,14,15,16). The molecule has 0 atom stereocenters. The zero-order chi connectivity index (χ0) is 14.0. The van der Waals surface area contributed by atoms with Gasteiger partial charge in [-0.25, -0.2) is 12.8 Å². The molecule has 0 aliphatic carbocycles. The summed E-state index contributed by atoms with van der Waals surface area (Å²) in [6.07, 6.45) is 2.10. The van der Waals surface area contributed by atoms with Crippen molar-refractivity contribution >= 4 is 27.4 Å². The molecule has 0 spiro atoms. The van der Waals surface area contributed by atoms with Gasteiger partial charge >= 0.3 is 0 Å². The zero-order valence-electron chi connectivity index (χ0n) is 9.94. The summed E-state index contributed by atoms with van der Waals surface area (Å²) in [6.45, 7) is 1.85. The monoisotopic (exact) mass is 303 g/mol. The molecule has 1 aromatic carbocycles. The van der Waals surface area contributed by atoms with Crippen LogP contribution >= 0.6 is 11.6 Å². The first-order valence-corrected chi connectivity index (χ1v) is 7.31. The highest BCUT2D eigenvalue weighted by Crippen LogP contribution is 2.24. The molecule has 8 heteroatoms. The molecule has 0 saturated carbocycles. The van der Waals surface area contributed by atoms with E-state index in [0.717, 1.165) is 6.07 Å². The Hall–Kier alpha value is -1.60. The SMILES string of the molecule is CCc1cn[nH]c1NS(=O)(=O)c1cccc(Cl)c1F. The lowest BCUT2D eigenvalue weighted by Crippen LogP contribution is -2.16. The molecule has 1 aromatic heterocycles. The number of hydrogen-bond donors (Lipinski definition) is 2. The molecule has 0 radical (unpaired) electrons. The van der Waals surface area contributed by atoms with Crippen molar-refractivity contribution in [1.29, 1.82) is 0 Å². The summed E-state index contributed by atoms with van der Waals surface area (Å²) in [5.74, 6) is -0.754. The van der Waals surface area contributed by atoms with Gasteiger partial charge in [-0.05, 0) is 18.6 Å². The van der Waals surface area contributed by atoms with Crippen LogP contribution in [0, 0.1) is 5.82 Å². The lowest BCUT2D eigenvalue weighted by atomic mass is 10.3. The smallest absolute Gasteiger partial charge is 0.263 e. The second-order valence-electron chi connectivity index (χ2n) is 3.78. The van der Waals surface area contributed by atoms with E-state index in [1.165, 1.54) is 18.3 Å². The van der Waals surface area contributed by atoms with E-state index in [9.17, 15) is 12.8 Å². The number of rotatable bonds is 4. The zero-order valence-corrected chi connectivity index (χ0v) is 11.5. The first-order valence-electron chi connectivity index (χ1n) is 5.44. The fourth-order valence-electron chi connectivity index (χ4n) is 1.55. The molecule has 0 saturated heterocycles. The van der Waals surface area contributed by atoms with Gasteiger partial charge in [0.1, 0.15) is 10.7 Å². The quantitative estimate of drug-likeness (QED) is 0.911. The van der Waals surface area contributed by atoms with Crippen molar-refractivity contribution < 1.29 is 12.8 Å². The molecule has 2 N–H and O–H groups in total. The molecule has 2 rings (SSSR count). The maximum Gasteiger partial charge on any atom is 0.266 e. The van der Waals surface area contributed by atoms with Crippen LogP contribution in [0.5, 0.6) is 0 Å². The summed E-state index contributed by atoms with van der Waals surface area (Å²) in [6, 6.07) is 3.79. The summed E-state index contributed by atoms with van der Waals surface area (Å²) in [7, 11) is -4.05. The number of anilines is 1. The predicted molar refractivity (Wildman–Crippen MR) is 70.2 cm³/mol. The number of hydrogen-bond acceptors (Lipinski definition) is 3. The molecular weight excluding hydrogens is 293 g/mol. The van der Waals surface area contributed by atoms with Crippen molar-refractivity contribution in [3.05, 3.63) is 40.8 Å². The fraction of sp³-hybridized carbons (Fsp3) is 0.182. The van der Waals surface area contributed by atoms with E-state index < -0.39 is 20.7 Å².